The van der Waals surface area contributed by atoms with Crippen molar-refractivity contribution in [3.8, 4) is 39.5 Å². The number of carbonyl (C=O) groups is 4. The van der Waals surface area contributed by atoms with Crippen LogP contribution in [0.2, 0.25) is 0 Å². The van der Waals surface area contributed by atoms with Gasteiger partial charge in [0.15, 0.2) is 0 Å². The zero-order valence-electron chi connectivity index (χ0n) is 36.8. The van der Waals surface area contributed by atoms with Gasteiger partial charge in [0.05, 0.1) is 47.1 Å². The van der Waals surface area contributed by atoms with E-state index in [-0.39, 0.29) is 41.6 Å². The van der Waals surface area contributed by atoms with Gasteiger partial charge >= 0.3 is 0 Å². The van der Waals surface area contributed by atoms with Crippen LogP contribution in [0.4, 0.5) is 0 Å². The molecule has 3 aromatic heterocycles. The minimum absolute atomic E-state index is 0.0561. The van der Waals surface area contributed by atoms with Crippen molar-refractivity contribution in [3.63, 3.8) is 0 Å². The van der Waals surface area contributed by atoms with Crippen molar-refractivity contribution in [2.75, 3.05) is 19.7 Å². The lowest BCUT2D eigenvalue weighted by atomic mass is 10.0. The number of imidazole rings is 2. The first-order valence-corrected chi connectivity index (χ1v) is 22.3. The van der Waals surface area contributed by atoms with Crippen LogP contribution in [0.3, 0.4) is 0 Å². The number of carbonyl (C=O) groups excluding carboxylic acids is 4. The number of aliphatic hydroxyl groups is 1. The third-order valence-electron chi connectivity index (χ3n) is 12.9. The molecule has 0 saturated carbocycles. The molecule has 332 valence electrons. The van der Waals surface area contributed by atoms with Gasteiger partial charge in [-0.3, -0.25) is 19.2 Å². The Balaban J connectivity index is 1.01. The Morgan fingerprint density at radius 2 is 1.34 bits per heavy atom. The quantitative estimate of drug-likeness (QED) is 0.0904. The second-order valence-electron chi connectivity index (χ2n) is 17.9. The van der Waals surface area contributed by atoms with Crippen molar-refractivity contribution in [2.24, 2.45) is 11.8 Å². The number of hydrogen-bond donors (Lipinski definition) is 5. The number of aromatic amines is 2. The topological polar surface area (TPSA) is 191 Å². The first-order chi connectivity index (χ1) is 30.9. The average molecular weight is 866 g/mol. The highest BCUT2D eigenvalue weighted by molar-refractivity contribution is 5.93. The number of likely N-dealkylation sites (tertiary alicyclic amines) is 2. The Kier molecular flexibility index (Phi) is 11.6. The van der Waals surface area contributed by atoms with Crippen molar-refractivity contribution >= 4 is 34.5 Å². The van der Waals surface area contributed by atoms with Crippen LogP contribution >= 0.6 is 0 Å². The van der Waals surface area contributed by atoms with E-state index in [1.54, 1.807) is 4.90 Å². The van der Waals surface area contributed by atoms with Gasteiger partial charge in [0.2, 0.25) is 29.9 Å². The van der Waals surface area contributed by atoms with Crippen LogP contribution in [-0.4, -0.2) is 94.8 Å². The molecule has 0 aliphatic carbocycles. The molecule has 15 nitrogen and oxygen atoms in total. The summed E-state index contributed by atoms with van der Waals surface area (Å²) < 4.78 is 9.17. The zero-order chi connectivity index (χ0) is 44.8. The number of rotatable bonds is 12. The molecule has 4 amide bonds. The molecule has 3 aliphatic heterocycles. The van der Waals surface area contributed by atoms with E-state index in [0.717, 1.165) is 81.7 Å². The monoisotopic (exact) mass is 865 g/mol. The number of ether oxygens (including phenoxy) is 1. The molecular formula is C49H55N9O6. The van der Waals surface area contributed by atoms with Gasteiger partial charge in [0.1, 0.15) is 36.1 Å². The van der Waals surface area contributed by atoms with Gasteiger partial charge in [-0.05, 0) is 67.9 Å². The molecule has 2 saturated heterocycles. The minimum atomic E-state index is -0.746. The first-order valence-electron chi connectivity index (χ1n) is 22.3. The van der Waals surface area contributed by atoms with E-state index in [9.17, 15) is 24.3 Å². The SMILES string of the molecule is CC(=O)N[C@H](C(=O)N1CCCC1c1ncc(-c2ccc3c(c2)OC(c2ccccc2)n2c-3cc3cc(-c4cnc(C5CCCN5C(=O)[C@@H](NC(=O)CO)C(C)C)[nH]4)ccc32)[nH]1)C(C)C. The maximum absolute atomic E-state index is 13.7. The number of aromatic nitrogens is 5. The predicted molar refractivity (Wildman–Crippen MR) is 241 cm³/mol. The van der Waals surface area contributed by atoms with Gasteiger partial charge in [-0.2, -0.15) is 0 Å². The number of amides is 4. The largest absolute Gasteiger partial charge is 0.465 e. The van der Waals surface area contributed by atoms with E-state index in [1.807, 2.05) is 69.3 Å². The van der Waals surface area contributed by atoms with Gasteiger partial charge in [0, 0.05) is 47.7 Å². The third kappa shape index (κ3) is 7.93. The summed E-state index contributed by atoms with van der Waals surface area (Å²) >= 11 is 0. The summed E-state index contributed by atoms with van der Waals surface area (Å²) in [5, 5.41) is 15.9. The Hall–Kier alpha value is -6.74. The molecule has 2 fully saturated rings. The molecule has 3 aliphatic rings. The molecule has 3 aromatic carbocycles. The van der Waals surface area contributed by atoms with Crippen molar-refractivity contribution in [1.82, 2.24) is 44.9 Å². The lowest BCUT2D eigenvalue weighted by Gasteiger charge is -2.30. The van der Waals surface area contributed by atoms with Gasteiger partial charge < -0.3 is 44.8 Å². The lowest BCUT2D eigenvalue weighted by molar-refractivity contribution is -0.139. The summed E-state index contributed by atoms with van der Waals surface area (Å²) in [7, 11) is 0. The maximum Gasteiger partial charge on any atom is 0.246 e. The number of nitrogens with one attached hydrogen (secondary N) is 4. The summed E-state index contributed by atoms with van der Waals surface area (Å²) in [6.07, 6.45) is 6.35. The molecule has 15 heteroatoms. The highest BCUT2D eigenvalue weighted by Gasteiger charge is 2.39. The number of nitrogens with zero attached hydrogens (tertiary/aromatic N) is 5. The molecule has 3 unspecified atom stereocenters. The number of H-pyrrole nitrogens is 2. The summed E-state index contributed by atoms with van der Waals surface area (Å²) in [6, 6.07) is 23.0. The van der Waals surface area contributed by atoms with Crippen molar-refractivity contribution in [1.29, 1.82) is 0 Å². The van der Waals surface area contributed by atoms with Gasteiger partial charge in [0.25, 0.3) is 0 Å². The first kappa shape index (κ1) is 42.6. The predicted octanol–water partition coefficient (Wildman–Crippen LogP) is 6.65. The van der Waals surface area contributed by atoms with E-state index < -0.39 is 30.8 Å². The van der Waals surface area contributed by atoms with Crippen molar-refractivity contribution in [2.45, 2.75) is 90.7 Å². The van der Waals surface area contributed by atoms with Gasteiger partial charge in [-0.25, -0.2) is 9.97 Å². The summed E-state index contributed by atoms with van der Waals surface area (Å²) in [6.45, 7) is 9.56. The molecule has 64 heavy (non-hydrogen) atoms. The smallest absolute Gasteiger partial charge is 0.246 e. The molecule has 5 atom stereocenters. The Morgan fingerprint density at radius 1 is 0.766 bits per heavy atom. The van der Waals surface area contributed by atoms with Crippen molar-refractivity contribution in [3.05, 3.63) is 102 Å². The Labute approximate surface area is 371 Å². The van der Waals surface area contributed by atoms with Crippen LogP contribution in [0.5, 0.6) is 5.75 Å². The Bertz CT molecular complexity index is 2720. The fourth-order valence-corrected chi connectivity index (χ4v) is 9.63. The fraction of sp³-hybridized carbons (Fsp3) is 0.388. The molecule has 0 bridgehead atoms. The van der Waals surface area contributed by atoms with Crippen LogP contribution in [0.1, 0.15) is 95.8 Å². The van der Waals surface area contributed by atoms with E-state index in [1.165, 1.54) is 6.92 Å². The molecule has 6 aromatic rings. The second-order valence-corrected chi connectivity index (χ2v) is 17.9. The second kappa shape index (κ2) is 17.4. The molecule has 6 heterocycles. The van der Waals surface area contributed by atoms with Crippen LogP contribution in [0.15, 0.2) is 85.2 Å². The molecule has 0 spiro atoms. The number of hydrogen-bond acceptors (Lipinski definition) is 8. The highest BCUT2D eigenvalue weighted by Crippen LogP contribution is 2.46. The van der Waals surface area contributed by atoms with E-state index in [2.05, 4.69) is 73.7 Å². The normalized spacial score (nSPS) is 19.1. The standard InChI is InChI=1S/C49H55N9O6/c1-27(2)43(52-29(5)60)47(62)56-19-9-13-38(56)46-51-25-36(54-46)32-15-17-34-40-22-33-21-31(16-18-37(33)58(40)49(64-41(34)23-32)30-11-7-6-8-12-30)35-24-50-45(53-35)39-14-10-20-57(39)48(63)44(28(3)4)55-42(61)26-59/h6-8,11-12,15-18,21-25,27-28,38-39,43-44,49,59H,9-10,13-14,19-20,26H2,1-5H3,(H,50,53)(H,51,54)(H,52,60)(H,55,61)/t38?,39?,43-,44-,49?/m0/s1. The summed E-state index contributed by atoms with van der Waals surface area (Å²) in [5.41, 5.74) is 7.45. The highest BCUT2D eigenvalue weighted by atomic mass is 16.5. The van der Waals surface area contributed by atoms with Crippen LogP contribution in [0, 0.1) is 11.8 Å². The Morgan fingerprint density at radius 3 is 1.92 bits per heavy atom. The zero-order valence-corrected chi connectivity index (χ0v) is 36.8. The van der Waals surface area contributed by atoms with Crippen LogP contribution in [0.25, 0.3) is 44.7 Å². The van der Waals surface area contributed by atoms with E-state index >= 15 is 0 Å². The third-order valence-corrected chi connectivity index (χ3v) is 12.9. The van der Waals surface area contributed by atoms with E-state index in [0.29, 0.717) is 24.7 Å². The van der Waals surface area contributed by atoms with Crippen LogP contribution < -0.4 is 15.4 Å². The fourth-order valence-electron chi connectivity index (χ4n) is 9.63. The summed E-state index contributed by atoms with van der Waals surface area (Å²) in [5.74, 6) is 0.848. The minimum Gasteiger partial charge on any atom is -0.465 e. The van der Waals surface area contributed by atoms with Gasteiger partial charge in [-0.1, -0.05) is 70.2 Å². The van der Waals surface area contributed by atoms with E-state index in [4.69, 9.17) is 14.7 Å². The summed E-state index contributed by atoms with van der Waals surface area (Å²) in [4.78, 5) is 71.7. The molecule has 9 rings (SSSR count). The average Bonchev–Trinajstić information content (AvgIpc) is 4.15. The molecular weight excluding hydrogens is 811 g/mol. The number of benzene rings is 3. The maximum atomic E-state index is 13.7. The number of aliphatic hydroxyl groups excluding tert-OH is 1. The van der Waals surface area contributed by atoms with Crippen LogP contribution in [-0.2, 0) is 19.2 Å². The van der Waals surface area contributed by atoms with Crippen molar-refractivity contribution < 1.29 is 29.0 Å². The van der Waals surface area contributed by atoms with Gasteiger partial charge in [-0.15, -0.1) is 0 Å². The molecule has 0 radical (unpaired) electrons. The lowest BCUT2D eigenvalue weighted by Crippen LogP contribution is -2.51. The number of fused-ring (bicyclic) bond motifs is 5. The molecule has 5 N–H and O–H groups in total.